The van der Waals surface area contributed by atoms with Crippen LogP contribution in [0.15, 0.2) is 61.7 Å². The summed E-state index contributed by atoms with van der Waals surface area (Å²) in [6, 6.07) is 15.6. The van der Waals surface area contributed by atoms with E-state index in [0.29, 0.717) is 6.61 Å². The molecule has 0 N–H and O–H groups in total. The van der Waals surface area contributed by atoms with Crippen LogP contribution in [0.4, 0.5) is 0 Å². The Bertz CT molecular complexity index is 582. The van der Waals surface area contributed by atoms with Gasteiger partial charge in [0, 0.05) is 0 Å². The average Bonchev–Trinajstić information content (AvgIpc) is 2.54. The third-order valence-electron chi connectivity index (χ3n) is 3.05. The highest BCUT2D eigenvalue weighted by atomic mass is 16.5. The van der Waals surface area contributed by atoms with E-state index in [1.165, 1.54) is 0 Å². The normalized spacial score (nSPS) is 11.5. The quantitative estimate of drug-likeness (QED) is 0.724. The molecule has 0 bridgehead atoms. The van der Waals surface area contributed by atoms with Crippen LogP contribution < -0.4 is 9.47 Å². The summed E-state index contributed by atoms with van der Waals surface area (Å²) in [5.74, 6) is 1.66. The largest absolute Gasteiger partial charge is 0.490 e. The maximum atomic E-state index is 5.80. The number of ether oxygens (including phenoxy) is 2. The van der Waals surface area contributed by atoms with Gasteiger partial charge in [-0.3, -0.25) is 0 Å². The van der Waals surface area contributed by atoms with E-state index in [1.54, 1.807) is 0 Å². The summed E-state index contributed by atoms with van der Waals surface area (Å²) in [4.78, 5) is 0. The Morgan fingerprint density at radius 2 is 1.33 bits per heavy atom. The molecule has 2 aromatic carbocycles. The van der Waals surface area contributed by atoms with Crippen molar-refractivity contribution in [2.24, 2.45) is 0 Å². The van der Waals surface area contributed by atoms with Crippen molar-refractivity contribution >= 4 is 12.2 Å². The molecular weight excluding hydrogens is 260 g/mol. The summed E-state index contributed by atoms with van der Waals surface area (Å²) in [7, 11) is 0. The minimum absolute atomic E-state index is 0.0290. The molecular formula is C19H20O2. The Hall–Kier alpha value is -2.48. The summed E-state index contributed by atoms with van der Waals surface area (Å²) in [6.45, 7) is 9.94. The van der Waals surface area contributed by atoms with Gasteiger partial charge in [-0.15, -0.1) is 0 Å². The molecule has 2 rings (SSSR count). The van der Waals surface area contributed by atoms with Gasteiger partial charge in [-0.25, -0.2) is 0 Å². The molecule has 2 nitrogen and oxygen atoms in total. The topological polar surface area (TPSA) is 18.5 Å². The van der Waals surface area contributed by atoms with Crippen molar-refractivity contribution in [2.45, 2.75) is 13.0 Å². The van der Waals surface area contributed by atoms with Gasteiger partial charge in [0.1, 0.15) is 24.2 Å². The first kappa shape index (κ1) is 14.9. The molecule has 2 heteroatoms. The van der Waals surface area contributed by atoms with E-state index < -0.39 is 0 Å². The Balaban J connectivity index is 1.84. The van der Waals surface area contributed by atoms with Crippen LogP contribution in [0, 0.1) is 0 Å². The van der Waals surface area contributed by atoms with Crippen LogP contribution in [-0.4, -0.2) is 12.7 Å². The number of benzene rings is 2. The third-order valence-corrected chi connectivity index (χ3v) is 3.05. The fourth-order valence-corrected chi connectivity index (χ4v) is 1.86. The maximum absolute atomic E-state index is 5.80. The molecule has 0 heterocycles. The van der Waals surface area contributed by atoms with Crippen LogP contribution in [0.3, 0.4) is 0 Å². The molecule has 108 valence electrons. The summed E-state index contributed by atoms with van der Waals surface area (Å²) in [5.41, 5.74) is 2.16. The zero-order valence-electron chi connectivity index (χ0n) is 12.3. The van der Waals surface area contributed by atoms with Gasteiger partial charge < -0.3 is 9.47 Å². The molecule has 2 aromatic rings. The smallest absolute Gasteiger partial charge is 0.130 e. The van der Waals surface area contributed by atoms with Crippen LogP contribution in [-0.2, 0) is 0 Å². The number of hydrogen-bond donors (Lipinski definition) is 0. The summed E-state index contributed by atoms with van der Waals surface area (Å²) in [5, 5.41) is 0. The lowest BCUT2D eigenvalue weighted by Gasteiger charge is -2.16. The van der Waals surface area contributed by atoms with E-state index in [-0.39, 0.29) is 6.10 Å². The van der Waals surface area contributed by atoms with Crippen LogP contribution in [0.25, 0.3) is 12.2 Å². The zero-order valence-corrected chi connectivity index (χ0v) is 12.3. The van der Waals surface area contributed by atoms with Crippen LogP contribution in [0.1, 0.15) is 18.1 Å². The molecule has 0 aliphatic rings. The zero-order chi connectivity index (χ0) is 15.1. The molecule has 0 aliphatic heterocycles. The van der Waals surface area contributed by atoms with Crippen molar-refractivity contribution in [3.8, 4) is 11.5 Å². The summed E-state index contributed by atoms with van der Waals surface area (Å²) in [6.07, 6.45) is 3.59. The second kappa shape index (κ2) is 7.34. The molecule has 0 fully saturated rings. The van der Waals surface area contributed by atoms with Crippen molar-refractivity contribution in [1.29, 1.82) is 0 Å². The fourth-order valence-electron chi connectivity index (χ4n) is 1.86. The highest BCUT2D eigenvalue weighted by Crippen LogP contribution is 2.16. The Labute approximate surface area is 126 Å². The Morgan fingerprint density at radius 1 is 0.857 bits per heavy atom. The molecule has 0 saturated heterocycles. The van der Waals surface area contributed by atoms with Gasteiger partial charge in [-0.2, -0.15) is 0 Å². The van der Waals surface area contributed by atoms with Gasteiger partial charge in [-0.05, 0) is 42.3 Å². The van der Waals surface area contributed by atoms with Gasteiger partial charge in [0.05, 0.1) is 0 Å². The fraction of sp³-hybridized carbons (Fsp3) is 0.158. The van der Waals surface area contributed by atoms with Crippen LogP contribution in [0.5, 0.6) is 11.5 Å². The minimum atomic E-state index is -0.0290. The summed E-state index contributed by atoms with van der Waals surface area (Å²) >= 11 is 0. The van der Waals surface area contributed by atoms with Crippen LogP contribution in [0.2, 0.25) is 0 Å². The van der Waals surface area contributed by atoms with Crippen molar-refractivity contribution in [2.75, 3.05) is 6.61 Å². The first-order valence-electron chi connectivity index (χ1n) is 6.95. The van der Waals surface area contributed by atoms with Crippen molar-refractivity contribution in [1.82, 2.24) is 0 Å². The maximum Gasteiger partial charge on any atom is 0.130 e. The van der Waals surface area contributed by atoms with E-state index in [0.717, 1.165) is 22.6 Å². The van der Waals surface area contributed by atoms with Gasteiger partial charge in [0.15, 0.2) is 0 Å². The van der Waals surface area contributed by atoms with Gasteiger partial charge >= 0.3 is 0 Å². The molecule has 1 unspecified atom stereocenters. The van der Waals surface area contributed by atoms with E-state index in [9.17, 15) is 0 Å². The first-order chi connectivity index (χ1) is 10.2. The Morgan fingerprint density at radius 3 is 1.81 bits per heavy atom. The third kappa shape index (κ3) is 4.53. The first-order valence-corrected chi connectivity index (χ1v) is 6.95. The summed E-state index contributed by atoms with van der Waals surface area (Å²) < 4.78 is 11.5. The molecule has 1 atom stereocenters. The lowest BCUT2D eigenvalue weighted by Crippen LogP contribution is -2.21. The monoisotopic (exact) mass is 280 g/mol. The minimum Gasteiger partial charge on any atom is -0.490 e. The highest BCUT2D eigenvalue weighted by Gasteiger charge is 2.05. The number of hydrogen-bond acceptors (Lipinski definition) is 2. The lowest BCUT2D eigenvalue weighted by atomic mass is 10.2. The molecule has 0 aromatic heterocycles. The number of rotatable bonds is 7. The molecule has 0 aliphatic carbocycles. The van der Waals surface area contributed by atoms with Crippen LogP contribution >= 0.6 is 0 Å². The predicted molar refractivity (Wildman–Crippen MR) is 88.7 cm³/mol. The van der Waals surface area contributed by atoms with E-state index in [4.69, 9.17) is 9.47 Å². The van der Waals surface area contributed by atoms with E-state index in [2.05, 4.69) is 13.2 Å². The van der Waals surface area contributed by atoms with E-state index >= 15 is 0 Å². The van der Waals surface area contributed by atoms with Crippen molar-refractivity contribution in [3.05, 3.63) is 72.8 Å². The molecule has 21 heavy (non-hydrogen) atoms. The molecule has 0 saturated carbocycles. The van der Waals surface area contributed by atoms with Gasteiger partial charge in [-0.1, -0.05) is 49.6 Å². The molecule has 0 spiro atoms. The van der Waals surface area contributed by atoms with Crippen molar-refractivity contribution < 1.29 is 9.47 Å². The second-order valence-electron chi connectivity index (χ2n) is 4.79. The Kier molecular flexibility index (Phi) is 5.22. The van der Waals surface area contributed by atoms with E-state index in [1.807, 2.05) is 67.6 Å². The average molecular weight is 280 g/mol. The highest BCUT2D eigenvalue weighted by molar-refractivity contribution is 5.48. The van der Waals surface area contributed by atoms with Crippen molar-refractivity contribution in [3.63, 3.8) is 0 Å². The van der Waals surface area contributed by atoms with Gasteiger partial charge in [0.2, 0.25) is 0 Å². The lowest BCUT2D eigenvalue weighted by molar-refractivity contribution is 0.143. The predicted octanol–water partition coefficient (Wildman–Crippen LogP) is 4.82. The van der Waals surface area contributed by atoms with Gasteiger partial charge in [0.25, 0.3) is 0 Å². The second-order valence-corrected chi connectivity index (χ2v) is 4.79. The SMILES string of the molecule is C=Cc1ccc(OCC(C)Oc2ccc(C=C)cc2)cc1. The molecule has 0 radical (unpaired) electrons. The standard InChI is InChI=1S/C19H20O2/c1-4-16-6-10-18(11-7-16)20-14-15(3)21-19-12-8-17(5-2)9-13-19/h4-13,15H,1-2,14H2,3H3. The molecule has 0 amide bonds.